The molecule has 0 aliphatic carbocycles. The molecule has 1 aliphatic rings. The molecule has 0 aromatic carbocycles. The van der Waals surface area contributed by atoms with Crippen LogP contribution in [0.3, 0.4) is 0 Å². The summed E-state index contributed by atoms with van der Waals surface area (Å²) in [4.78, 5) is 4.01. The smallest absolute Gasteiger partial charge is 0.156 e. The Labute approximate surface area is 103 Å². The summed E-state index contributed by atoms with van der Waals surface area (Å²) >= 11 is 3.07. The number of rotatable bonds is 2. The van der Waals surface area contributed by atoms with Gasteiger partial charge in [0.2, 0.25) is 0 Å². The van der Waals surface area contributed by atoms with Crippen molar-refractivity contribution in [2.24, 2.45) is 0 Å². The van der Waals surface area contributed by atoms with Crippen LogP contribution in [0.1, 0.15) is 30.9 Å². The van der Waals surface area contributed by atoms with E-state index in [0.717, 1.165) is 18.5 Å². The maximum atomic E-state index is 13.4. The van der Waals surface area contributed by atoms with Crippen molar-refractivity contribution in [3.8, 4) is 0 Å². The fourth-order valence-electron chi connectivity index (χ4n) is 2.16. The topological polar surface area (TPSA) is 28.2 Å². The summed E-state index contributed by atoms with van der Waals surface area (Å²) in [6.07, 6.45) is 5.15. The minimum Gasteiger partial charge on any atom is -0.258 e. The van der Waals surface area contributed by atoms with Gasteiger partial charge in [-0.15, -0.1) is 0 Å². The highest BCUT2D eigenvalue weighted by Crippen LogP contribution is 2.29. The number of hydrazine groups is 1. The molecule has 16 heavy (non-hydrogen) atoms. The highest BCUT2D eigenvalue weighted by molar-refractivity contribution is 9.10. The van der Waals surface area contributed by atoms with Crippen molar-refractivity contribution in [3.63, 3.8) is 0 Å². The van der Waals surface area contributed by atoms with E-state index in [1.165, 1.54) is 12.8 Å². The van der Waals surface area contributed by atoms with Crippen LogP contribution in [-0.2, 0) is 0 Å². The number of hydrogen-bond donors (Lipinski definition) is 1. The molecule has 5 heteroatoms. The van der Waals surface area contributed by atoms with E-state index in [2.05, 4.69) is 31.3 Å². The van der Waals surface area contributed by atoms with E-state index in [9.17, 15) is 4.39 Å². The average Bonchev–Trinajstić information content (AvgIpc) is 2.32. The van der Waals surface area contributed by atoms with Crippen molar-refractivity contribution in [2.45, 2.75) is 25.3 Å². The van der Waals surface area contributed by atoms with Crippen molar-refractivity contribution < 1.29 is 4.39 Å². The quantitative estimate of drug-likeness (QED) is 0.848. The van der Waals surface area contributed by atoms with E-state index >= 15 is 0 Å². The van der Waals surface area contributed by atoms with E-state index in [1.54, 1.807) is 12.3 Å². The second kappa shape index (κ2) is 5.21. The third kappa shape index (κ3) is 2.42. The summed E-state index contributed by atoms with van der Waals surface area (Å²) in [6, 6.07) is 1.80. The van der Waals surface area contributed by atoms with Gasteiger partial charge in [0.1, 0.15) is 4.60 Å². The van der Waals surface area contributed by atoms with Crippen LogP contribution >= 0.6 is 15.9 Å². The van der Waals surface area contributed by atoms with Crippen LogP contribution < -0.4 is 5.43 Å². The molecule has 88 valence electrons. The van der Waals surface area contributed by atoms with Crippen LogP contribution in [0.15, 0.2) is 16.9 Å². The number of pyridine rings is 1. The van der Waals surface area contributed by atoms with Crippen LogP contribution in [0.5, 0.6) is 0 Å². The lowest BCUT2D eigenvalue weighted by molar-refractivity contribution is 0.0979. The molecule has 0 radical (unpaired) electrons. The number of nitrogens with one attached hydrogen (secondary N) is 1. The molecular formula is C11H15BrFN3. The second-order valence-corrected chi connectivity index (χ2v) is 4.72. The first-order valence-electron chi connectivity index (χ1n) is 5.47. The van der Waals surface area contributed by atoms with E-state index < -0.39 is 0 Å². The van der Waals surface area contributed by atoms with Crippen LogP contribution in [0.2, 0.25) is 0 Å². The minimum absolute atomic E-state index is 0.230. The van der Waals surface area contributed by atoms with Gasteiger partial charge in [-0.25, -0.2) is 14.4 Å². The van der Waals surface area contributed by atoms with Gasteiger partial charge in [-0.05, 0) is 47.4 Å². The number of hydrogen-bond acceptors (Lipinski definition) is 3. The molecule has 1 aromatic heterocycles. The van der Waals surface area contributed by atoms with Crippen molar-refractivity contribution in [2.75, 3.05) is 13.6 Å². The van der Waals surface area contributed by atoms with Gasteiger partial charge in [-0.3, -0.25) is 5.43 Å². The molecule has 2 heterocycles. The monoisotopic (exact) mass is 287 g/mol. The Morgan fingerprint density at radius 2 is 2.38 bits per heavy atom. The number of nitrogens with zero attached hydrogens (tertiary/aromatic N) is 2. The van der Waals surface area contributed by atoms with Gasteiger partial charge in [-0.2, -0.15) is 0 Å². The van der Waals surface area contributed by atoms with Gasteiger partial charge in [0.15, 0.2) is 5.82 Å². The highest BCUT2D eigenvalue weighted by atomic mass is 79.9. The maximum absolute atomic E-state index is 13.4. The summed E-state index contributed by atoms with van der Waals surface area (Å²) in [5.41, 5.74) is 4.10. The predicted molar refractivity (Wildman–Crippen MR) is 64.3 cm³/mol. The van der Waals surface area contributed by atoms with Gasteiger partial charge in [0.05, 0.1) is 6.04 Å². The standard InChI is InChI=1S/C11H15BrFN3/c1-14-16-5-3-2-4-10(16)8-6-9(13)11(12)15-7-8/h6-7,10,14H,2-5H2,1H3/t10-/m0/s1. The Morgan fingerprint density at radius 3 is 3.06 bits per heavy atom. The Morgan fingerprint density at radius 1 is 1.56 bits per heavy atom. The molecule has 1 aliphatic heterocycles. The molecule has 0 unspecified atom stereocenters. The zero-order valence-electron chi connectivity index (χ0n) is 9.21. The molecule has 1 fully saturated rings. The Balaban J connectivity index is 2.23. The highest BCUT2D eigenvalue weighted by Gasteiger charge is 2.23. The van der Waals surface area contributed by atoms with Crippen molar-refractivity contribution >= 4 is 15.9 Å². The van der Waals surface area contributed by atoms with Gasteiger partial charge < -0.3 is 0 Å². The molecule has 1 saturated heterocycles. The van der Waals surface area contributed by atoms with Crippen LogP contribution in [0.25, 0.3) is 0 Å². The summed E-state index contributed by atoms with van der Waals surface area (Å²) in [5.74, 6) is -0.292. The molecule has 2 rings (SSSR count). The van der Waals surface area contributed by atoms with Gasteiger partial charge in [0, 0.05) is 12.7 Å². The molecule has 3 nitrogen and oxygen atoms in total. The van der Waals surface area contributed by atoms with Crippen molar-refractivity contribution in [1.82, 2.24) is 15.4 Å². The lowest BCUT2D eigenvalue weighted by atomic mass is 9.98. The normalized spacial score (nSPS) is 22.3. The zero-order chi connectivity index (χ0) is 11.5. The van der Waals surface area contributed by atoms with E-state index in [-0.39, 0.29) is 16.5 Å². The molecule has 1 N–H and O–H groups in total. The lowest BCUT2D eigenvalue weighted by Crippen LogP contribution is -2.41. The third-order valence-corrected chi connectivity index (χ3v) is 3.58. The summed E-state index contributed by atoms with van der Waals surface area (Å²) in [7, 11) is 1.90. The van der Waals surface area contributed by atoms with Crippen molar-refractivity contribution in [3.05, 3.63) is 28.2 Å². The lowest BCUT2D eigenvalue weighted by Gasteiger charge is -2.34. The fourth-order valence-corrected chi connectivity index (χ4v) is 2.38. The van der Waals surface area contributed by atoms with Gasteiger partial charge in [0.25, 0.3) is 0 Å². The summed E-state index contributed by atoms with van der Waals surface area (Å²) in [5, 5.41) is 2.15. The van der Waals surface area contributed by atoms with Crippen LogP contribution in [0, 0.1) is 5.82 Å². The first-order chi connectivity index (χ1) is 7.72. The number of piperidine rings is 1. The largest absolute Gasteiger partial charge is 0.258 e. The molecule has 0 spiro atoms. The van der Waals surface area contributed by atoms with Gasteiger partial charge in [-0.1, -0.05) is 6.42 Å². The Kier molecular flexibility index (Phi) is 3.89. The maximum Gasteiger partial charge on any atom is 0.156 e. The second-order valence-electron chi connectivity index (χ2n) is 3.97. The Bertz CT molecular complexity index is 372. The Hall–Kier alpha value is -0.520. The SMILES string of the molecule is CNN1CCCC[C@H]1c1cnc(Br)c(F)c1. The molecule has 0 amide bonds. The van der Waals surface area contributed by atoms with Crippen LogP contribution in [-0.4, -0.2) is 23.6 Å². The fraction of sp³-hybridized carbons (Fsp3) is 0.545. The predicted octanol–water partition coefficient (Wildman–Crippen LogP) is 2.64. The summed E-state index contributed by atoms with van der Waals surface area (Å²) in [6.45, 7) is 0.999. The minimum atomic E-state index is -0.292. The summed E-state index contributed by atoms with van der Waals surface area (Å²) < 4.78 is 13.7. The van der Waals surface area contributed by atoms with Gasteiger partial charge >= 0.3 is 0 Å². The third-order valence-electron chi connectivity index (χ3n) is 2.99. The first kappa shape index (κ1) is 12.0. The molecule has 1 aromatic rings. The van der Waals surface area contributed by atoms with E-state index in [0.29, 0.717) is 0 Å². The van der Waals surface area contributed by atoms with Crippen molar-refractivity contribution in [1.29, 1.82) is 0 Å². The average molecular weight is 288 g/mol. The number of aromatic nitrogens is 1. The zero-order valence-corrected chi connectivity index (χ0v) is 10.8. The van der Waals surface area contributed by atoms with E-state index in [4.69, 9.17) is 0 Å². The molecule has 0 bridgehead atoms. The van der Waals surface area contributed by atoms with Crippen LogP contribution in [0.4, 0.5) is 4.39 Å². The molecular weight excluding hydrogens is 273 g/mol. The molecule has 1 atom stereocenters. The molecule has 0 saturated carbocycles. The first-order valence-corrected chi connectivity index (χ1v) is 6.26. The van der Waals surface area contributed by atoms with E-state index in [1.807, 2.05) is 7.05 Å². The number of halogens is 2.